The normalized spacial score (nSPS) is 50.5. The Labute approximate surface area is 147 Å². The van der Waals surface area contributed by atoms with E-state index < -0.39 is 0 Å². The number of rotatable bonds is 1. The molecule has 0 aromatic rings. The molecule has 1 heterocycles. The second kappa shape index (κ2) is 5.92. The number of ether oxygens (including phenoxy) is 1. The van der Waals surface area contributed by atoms with Crippen molar-refractivity contribution < 1.29 is 4.74 Å². The summed E-state index contributed by atoms with van der Waals surface area (Å²) in [5, 5.41) is 0. The van der Waals surface area contributed by atoms with E-state index >= 15 is 0 Å². The molecule has 8 atom stereocenters. The average molecular weight is 327 g/mol. The molecule has 1 heteroatoms. The molecule has 5 rings (SSSR count). The maximum atomic E-state index is 5.68. The molecule has 1 aliphatic heterocycles. The highest BCUT2D eigenvalue weighted by atomic mass is 16.5. The number of allylic oxidation sites excluding steroid dienone is 1. The first-order chi connectivity index (χ1) is 11.7. The smallest absolute Gasteiger partial charge is 0.112 e. The summed E-state index contributed by atoms with van der Waals surface area (Å²) < 4.78 is 5.68. The highest BCUT2D eigenvalue weighted by Gasteiger charge is 2.54. The first-order valence-electron chi connectivity index (χ1n) is 10.7. The number of fused-ring (bicyclic) bond motifs is 5. The van der Waals surface area contributed by atoms with E-state index in [4.69, 9.17) is 4.74 Å². The molecule has 4 saturated carbocycles. The zero-order valence-electron chi connectivity index (χ0n) is 15.4. The molecule has 0 N–H and O–H groups in total. The zero-order valence-corrected chi connectivity index (χ0v) is 15.4. The lowest BCUT2D eigenvalue weighted by Crippen LogP contribution is -2.47. The highest BCUT2D eigenvalue weighted by molar-refractivity contribution is 5.26. The summed E-state index contributed by atoms with van der Waals surface area (Å²) in [4.78, 5) is 0. The van der Waals surface area contributed by atoms with Crippen molar-refractivity contribution >= 4 is 0 Å². The van der Waals surface area contributed by atoms with Gasteiger partial charge >= 0.3 is 0 Å². The Bertz CT molecular complexity index is 546. The Balaban J connectivity index is 1.39. The molecule has 1 nitrogen and oxygen atoms in total. The molecule has 7 unspecified atom stereocenters. The molecule has 5 aliphatic rings. The molecule has 0 bridgehead atoms. The van der Waals surface area contributed by atoms with Crippen LogP contribution in [-0.4, -0.2) is 6.61 Å². The summed E-state index contributed by atoms with van der Waals surface area (Å²) in [6.45, 7) is 7.43. The Kier molecular flexibility index (Phi) is 3.83. The summed E-state index contributed by atoms with van der Waals surface area (Å²) in [5.74, 6) is 8.88. The maximum absolute atomic E-state index is 5.68. The predicted molar refractivity (Wildman–Crippen MR) is 98.3 cm³/mol. The molecule has 4 aliphatic carbocycles. The average Bonchev–Trinajstić information content (AvgIpc) is 3.21. The van der Waals surface area contributed by atoms with Gasteiger partial charge in [0.05, 0.1) is 0 Å². The van der Waals surface area contributed by atoms with Gasteiger partial charge < -0.3 is 4.74 Å². The third kappa shape index (κ3) is 2.33. The summed E-state index contributed by atoms with van der Waals surface area (Å²) in [5.41, 5.74) is 1.57. The van der Waals surface area contributed by atoms with E-state index in [-0.39, 0.29) is 0 Å². The molecule has 4 fully saturated rings. The monoisotopic (exact) mass is 326 g/mol. The second-order valence-corrected chi connectivity index (χ2v) is 9.73. The van der Waals surface area contributed by atoms with Crippen LogP contribution in [0.15, 0.2) is 24.0 Å². The van der Waals surface area contributed by atoms with Gasteiger partial charge in [-0.2, -0.15) is 0 Å². The van der Waals surface area contributed by atoms with Crippen molar-refractivity contribution in [2.24, 2.45) is 47.3 Å². The van der Waals surface area contributed by atoms with Crippen LogP contribution in [0.25, 0.3) is 0 Å². The molecule has 24 heavy (non-hydrogen) atoms. The van der Waals surface area contributed by atoms with Gasteiger partial charge in [-0.3, -0.25) is 0 Å². The van der Waals surface area contributed by atoms with Crippen molar-refractivity contribution in [3.05, 3.63) is 24.0 Å². The number of hydrogen-bond donors (Lipinski definition) is 0. The first kappa shape index (κ1) is 15.5. The fourth-order valence-corrected chi connectivity index (χ4v) is 8.05. The molecular weight excluding hydrogens is 292 g/mol. The minimum atomic E-state index is 0.800. The van der Waals surface area contributed by atoms with E-state index in [0.717, 1.165) is 59.7 Å². The van der Waals surface area contributed by atoms with Crippen LogP contribution in [0.1, 0.15) is 64.7 Å². The Morgan fingerprint density at radius 2 is 1.75 bits per heavy atom. The first-order valence-corrected chi connectivity index (χ1v) is 10.7. The molecular formula is C23H34O. The van der Waals surface area contributed by atoms with Gasteiger partial charge in [0.15, 0.2) is 0 Å². The van der Waals surface area contributed by atoms with Crippen LogP contribution >= 0.6 is 0 Å². The van der Waals surface area contributed by atoms with Crippen molar-refractivity contribution in [3.8, 4) is 0 Å². The van der Waals surface area contributed by atoms with Crippen LogP contribution in [-0.2, 0) is 4.74 Å². The van der Waals surface area contributed by atoms with Gasteiger partial charge in [0.1, 0.15) is 12.4 Å². The Morgan fingerprint density at radius 1 is 0.917 bits per heavy atom. The van der Waals surface area contributed by atoms with Crippen LogP contribution in [0, 0.1) is 47.3 Å². The van der Waals surface area contributed by atoms with E-state index in [1.165, 1.54) is 32.1 Å². The van der Waals surface area contributed by atoms with Crippen molar-refractivity contribution in [1.82, 2.24) is 0 Å². The molecule has 132 valence electrons. The Morgan fingerprint density at radius 3 is 2.58 bits per heavy atom. The molecule has 0 saturated heterocycles. The minimum absolute atomic E-state index is 0.800. The maximum Gasteiger partial charge on any atom is 0.112 e. The van der Waals surface area contributed by atoms with Crippen molar-refractivity contribution in [2.75, 3.05) is 6.61 Å². The second-order valence-electron chi connectivity index (χ2n) is 9.73. The standard InChI is InChI=1S/C23H34O/c1-14-11-22-18-6-4-3-5-16(18)7-8-20(22)21-10-9-19(23(14)21)17-12-15(2)24-13-17/h12,14,16,18-23H,2-11,13H2,1H3/t14?,16?,18?,19-,20?,21?,22?,23?/m1/s1. The van der Waals surface area contributed by atoms with E-state index in [9.17, 15) is 0 Å². The van der Waals surface area contributed by atoms with E-state index in [1.54, 1.807) is 31.3 Å². The largest absolute Gasteiger partial charge is 0.490 e. The van der Waals surface area contributed by atoms with Crippen LogP contribution < -0.4 is 0 Å². The van der Waals surface area contributed by atoms with Crippen molar-refractivity contribution in [1.29, 1.82) is 0 Å². The van der Waals surface area contributed by atoms with E-state index in [1.807, 2.05) is 0 Å². The summed E-state index contributed by atoms with van der Waals surface area (Å²) in [7, 11) is 0. The summed E-state index contributed by atoms with van der Waals surface area (Å²) >= 11 is 0. The highest BCUT2D eigenvalue weighted by Crippen LogP contribution is 2.61. The minimum Gasteiger partial charge on any atom is -0.490 e. The van der Waals surface area contributed by atoms with Crippen LogP contribution in [0.4, 0.5) is 0 Å². The number of hydrogen-bond acceptors (Lipinski definition) is 1. The molecule has 0 radical (unpaired) electrons. The van der Waals surface area contributed by atoms with Gasteiger partial charge in [0.25, 0.3) is 0 Å². The van der Waals surface area contributed by atoms with Crippen LogP contribution in [0.5, 0.6) is 0 Å². The fourth-order valence-electron chi connectivity index (χ4n) is 8.05. The van der Waals surface area contributed by atoms with Crippen molar-refractivity contribution in [3.63, 3.8) is 0 Å². The fraction of sp³-hybridized carbons (Fsp3) is 0.826. The van der Waals surface area contributed by atoms with Crippen molar-refractivity contribution in [2.45, 2.75) is 64.7 Å². The third-order valence-electron chi connectivity index (χ3n) is 8.81. The molecule has 0 amide bonds. The lowest BCUT2D eigenvalue weighted by molar-refractivity contribution is -0.0461. The van der Waals surface area contributed by atoms with E-state index in [2.05, 4.69) is 19.6 Å². The SMILES string of the molecule is C=C1C=C([C@H]2CCC3C4CCC5CCCCC5C4CC(C)C32)CO1. The van der Waals surface area contributed by atoms with Gasteiger partial charge in [0.2, 0.25) is 0 Å². The summed E-state index contributed by atoms with van der Waals surface area (Å²) in [6.07, 6.45) is 15.9. The van der Waals surface area contributed by atoms with Gasteiger partial charge in [-0.05, 0) is 97.5 Å². The lowest BCUT2D eigenvalue weighted by atomic mass is 9.51. The van der Waals surface area contributed by atoms with E-state index in [0.29, 0.717) is 0 Å². The molecule has 0 spiro atoms. The predicted octanol–water partition coefficient (Wildman–Crippen LogP) is 5.97. The zero-order chi connectivity index (χ0) is 16.3. The molecule has 0 aromatic heterocycles. The quantitative estimate of drug-likeness (QED) is 0.576. The van der Waals surface area contributed by atoms with Crippen LogP contribution in [0.2, 0.25) is 0 Å². The van der Waals surface area contributed by atoms with Gasteiger partial charge in [-0.25, -0.2) is 0 Å². The summed E-state index contributed by atoms with van der Waals surface area (Å²) in [6, 6.07) is 0. The van der Waals surface area contributed by atoms with Gasteiger partial charge in [-0.15, -0.1) is 0 Å². The Hall–Kier alpha value is -0.720. The van der Waals surface area contributed by atoms with Crippen LogP contribution in [0.3, 0.4) is 0 Å². The lowest BCUT2D eigenvalue weighted by Gasteiger charge is -2.54. The van der Waals surface area contributed by atoms with Gasteiger partial charge in [0, 0.05) is 0 Å². The van der Waals surface area contributed by atoms with Gasteiger partial charge in [-0.1, -0.05) is 32.8 Å². The molecule has 0 aromatic carbocycles. The topological polar surface area (TPSA) is 9.23 Å². The third-order valence-corrected chi connectivity index (χ3v) is 8.81.